The minimum atomic E-state index is -4.38. The van der Waals surface area contributed by atoms with Gasteiger partial charge in [-0.25, -0.2) is 4.79 Å². The Morgan fingerprint density at radius 1 is 1.29 bits per heavy atom. The molecule has 0 radical (unpaired) electrons. The quantitative estimate of drug-likeness (QED) is 0.768. The lowest BCUT2D eigenvalue weighted by Gasteiger charge is -2.08. The maximum Gasteiger partial charge on any atom is 0.416 e. The Morgan fingerprint density at radius 3 is 2.35 bits per heavy atom. The predicted molar refractivity (Wildman–Crippen MR) is 57.3 cm³/mol. The van der Waals surface area contributed by atoms with Crippen molar-refractivity contribution in [3.05, 3.63) is 29.8 Å². The molecule has 1 rings (SSSR count). The molecular weight excluding hydrogens is 233 g/mol. The van der Waals surface area contributed by atoms with Crippen molar-refractivity contribution in [2.24, 2.45) is 0 Å². The number of terminal acetylenes is 1. The average Bonchev–Trinajstić information content (AvgIpc) is 2.26. The van der Waals surface area contributed by atoms with E-state index in [9.17, 15) is 18.0 Å². The molecule has 0 bridgehead atoms. The summed E-state index contributed by atoms with van der Waals surface area (Å²) in [5.74, 6) is 2.19. The van der Waals surface area contributed by atoms with Crippen molar-refractivity contribution in [3.8, 4) is 12.3 Å². The SMILES string of the molecule is C#CCNC(=O)Nc1ccc(C(F)(F)F)cc1. The first-order valence-electron chi connectivity index (χ1n) is 4.59. The van der Waals surface area contributed by atoms with Gasteiger partial charge in [-0.15, -0.1) is 6.42 Å². The monoisotopic (exact) mass is 242 g/mol. The maximum atomic E-state index is 12.2. The predicted octanol–water partition coefficient (Wildman–Crippen LogP) is 2.46. The van der Waals surface area contributed by atoms with Crippen molar-refractivity contribution in [1.82, 2.24) is 5.32 Å². The Balaban J connectivity index is 2.63. The van der Waals surface area contributed by atoms with Gasteiger partial charge in [0.1, 0.15) is 0 Å². The van der Waals surface area contributed by atoms with Gasteiger partial charge in [0.15, 0.2) is 0 Å². The number of urea groups is 1. The molecule has 0 aliphatic carbocycles. The van der Waals surface area contributed by atoms with Crippen LogP contribution in [0.5, 0.6) is 0 Å². The highest BCUT2D eigenvalue weighted by Gasteiger charge is 2.29. The molecule has 0 fully saturated rings. The van der Waals surface area contributed by atoms with Gasteiger partial charge in [0, 0.05) is 5.69 Å². The lowest BCUT2D eigenvalue weighted by atomic mass is 10.2. The normalized spacial score (nSPS) is 10.5. The van der Waals surface area contributed by atoms with Gasteiger partial charge >= 0.3 is 12.2 Å². The van der Waals surface area contributed by atoms with E-state index in [-0.39, 0.29) is 12.2 Å². The number of anilines is 1. The van der Waals surface area contributed by atoms with Gasteiger partial charge in [0.05, 0.1) is 12.1 Å². The first kappa shape index (κ1) is 12.9. The van der Waals surface area contributed by atoms with E-state index in [0.717, 1.165) is 24.3 Å². The van der Waals surface area contributed by atoms with Crippen molar-refractivity contribution in [1.29, 1.82) is 0 Å². The number of halogens is 3. The number of alkyl halides is 3. The smallest absolute Gasteiger partial charge is 0.327 e. The van der Waals surface area contributed by atoms with Crippen LogP contribution in [0.1, 0.15) is 5.56 Å². The van der Waals surface area contributed by atoms with Crippen LogP contribution in [-0.2, 0) is 6.18 Å². The van der Waals surface area contributed by atoms with E-state index in [2.05, 4.69) is 16.6 Å². The Kier molecular flexibility index (Phi) is 3.99. The first-order chi connectivity index (χ1) is 7.93. The summed E-state index contributed by atoms with van der Waals surface area (Å²) >= 11 is 0. The van der Waals surface area contributed by atoms with Crippen LogP contribution in [0.2, 0.25) is 0 Å². The van der Waals surface area contributed by atoms with Gasteiger partial charge in [-0.3, -0.25) is 0 Å². The van der Waals surface area contributed by atoms with Crippen molar-refractivity contribution < 1.29 is 18.0 Å². The molecule has 0 saturated carbocycles. The zero-order chi connectivity index (χ0) is 12.9. The summed E-state index contributed by atoms with van der Waals surface area (Å²) < 4.78 is 36.7. The average molecular weight is 242 g/mol. The van der Waals surface area contributed by atoms with Crippen LogP contribution in [0.3, 0.4) is 0 Å². The van der Waals surface area contributed by atoms with Gasteiger partial charge in [-0.2, -0.15) is 13.2 Å². The van der Waals surface area contributed by atoms with Crippen LogP contribution in [0.15, 0.2) is 24.3 Å². The summed E-state index contributed by atoms with van der Waals surface area (Å²) in [5, 5.41) is 4.66. The number of benzene rings is 1. The second-order valence-electron chi connectivity index (χ2n) is 3.09. The highest BCUT2D eigenvalue weighted by molar-refractivity contribution is 5.89. The van der Waals surface area contributed by atoms with E-state index >= 15 is 0 Å². The van der Waals surface area contributed by atoms with Crippen LogP contribution in [-0.4, -0.2) is 12.6 Å². The van der Waals surface area contributed by atoms with Gasteiger partial charge in [0.25, 0.3) is 0 Å². The molecule has 0 saturated heterocycles. The minimum absolute atomic E-state index is 0.0481. The molecule has 90 valence electrons. The molecule has 0 aliphatic rings. The number of carbonyl (C=O) groups is 1. The number of nitrogens with one attached hydrogen (secondary N) is 2. The molecular formula is C11H9F3N2O. The standard InChI is InChI=1S/C11H9F3N2O/c1-2-7-15-10(17)16-9-5-3-8(4-6-9)11(12,13)14/h1,3-6H,7H2,(H2,15,16,17). The largest absolute Gasteiger partial charge is 0.416 e. The second kappa shape index (κ2) is 5.25. The van der Waals surface area contributed by atoms with Crippen LogP contribution in [0, 0.1) is 12.3 Å². The summed E-state index contributed by atoms with van der Waals surface area (Å²) in [4.78, 5) is 11.1. The second-order valence-corrected chi connectivity index (χ2v) is 3.09. The Morgan fingerprint density at radius 2 is 1.88 bits per heavy atom. The zero-order valence-electron chi connectivity index (χ0n) is 8.64. The Hall–Kier alpha value is -2.16. The third kappa shape index (κ3) is 4.07. The third-order valence-corrected chi connectivity index (χ3v) is 1.82. The number of amides is 2. The van der Waals surface area contributed by atoms with E-state index in [4.69, 9.17) is 6.42 Å². The van der Waals surface area contributed by atoms with Gasteiger partial charge in [0.2, 0.25) is 0 Å². The number of hydrogen-bond acceptors (Lipinski definition) is 1. The van der Waals surface area contributed by atoms with Crippen molar-refractivity contribution in [2.75, 3.05) is 11.9 Å². The molecule has 0 aliphatic heterocycles. The van der Waals surface area contributed by atoms with Crippen LogP contribution < -0.4 is 10.6 Å². The minimum Gasteiger partial charge on any atom is -0.327 e. The van der Waals surface area contributed by atoms with Gasteiger partial charge in [-0.05, 0) is 24.3 Å². The van der Waals surface area contributed by atoms with E-state index < -0.39 is 17.8 Å². The van der Waals surface area contributed by atoms with Crippen LogP contribution >= 0.6 is 0 Å². The molecule has 1 aromatic carbocycles. The molecule has 6 heteroatoms. The van der Waals surface area contributed by atoms with E-state index in [1.807, 2.05) is 0 Å². The van der Waals surface area contributed by atoms with E-state index in [1.54, 1.807) is 0 Å². The summed E-state index contributed by atoms with van der Waals surface area (Å²) in [5.41, 5.74) is -0.514. The molecule has 0 spiro atoms. The maximum absolute atomic E-state index is 12.2. The van der Waals surface area contributed by atoms with Gasteiger partial charge < -0.3 is 10.6 Å². The molecule has 1 aromatic rings. The number of hydrogen-bond donors (Lipinski definition) is 2. The molecule has 0 unspecified atom stereocenters. The van der Waals surface area contributed by atoms with Crippen molar-refractivity contribution in [2.45, 2.75) is 6.18 Å². The lowest BCUT2D eigenvalue weighted by Crippen LogP contribution is -2.28. The fraction of sp³-hybridized carbons (Fsp3) is 0.182. The number of rotatable bonds is 2. The molecule has 0 aromatic heterocycles. The molecule has 2 amide bonds. The van der Waals surface area contributed by atoms with E-state index in [0.29, 0.717) is 0 Å². The highest BCUT2D eigenvalue weighted by atomic mass is 19.4. The van der Waals surface area contributed by atoms with Crippen molar-refractivity contribution >= 4 is 11.7 Å². The summed E-state index contributed by atoms with van der Waals surface area (Å²) in [6.45, 7) is 0.0481. The highest BCUT2D eigenvalue weighted by Crippen LogP contribution is 2.29. The molecule has 0 heterocycles. The lowest BCUT2D eigenvalue weighted by molar-refractivity contribution is -0.137. The summed E-state index contributed by atoms with van der Waals surface area (Å²) in [6.07, 6.45) is 0.536. The van der Waals surface area contributed by atoms with Gasteiger partial charge in [-0.1, -0.05) is 5.92 Å². The zero-order valence-corrected chi connectivity index (χ0v) is 8.64. The van der Waals surface area contributed by atoms with Crippen LogP contribution in [0.4, 0.5) is 23.7 Å². The summed E-state index contributed by atoms with van der Waals surface area (Å²) in [6, 6.07) is 3.53. The summed E-state index contributed by atoms with van der Waals surface area (Å²) in [7, 11) is 0. The van der Waals surface area contributed by atoms with Crippen molar-refractivity contribution in [3.63, 3.8) is 0 Å². The molecule has 3 nitrogen and oxygen atoms in total. The number of carbonyl (C=O) groups excluding carboxylic acids is 1. The fourth-order valence-corrected chi connectivity index (χ4v) is 1.05. The Bertz CT molecular complexity index is 432. The third-order valence-electron chi connectivity index (χ3n) is 1.82. The fourth-order valence-electron chi connectivity index (χ4n) is 1.05. The molecule has 0 atom stereocenters. The van der Waals surface area contributed by atoms with Crippen LogP contribution in [0.25, 0.3) is 0 Å². The molecule has 17 heavy (non-hydrogen) atoms. The first-order valence-corrected chi connectivity index (χ1v) is 4.59. The van der Waals surface area contributed by atoms with E-state index in [1.165, 1.54) is 0 Å². The molecule has 2 N–H and O–H groups in total. The topological polar surface area (TPSA) is 41.1 Å². The Labute approximate surface area is 96.0 Å².